The number of nitrogens with zero attached hydrogens (tertiary/aromatic N) is 3. The van der Waals surface area contributed by atoms with Gasteiger partial charge in [-0.2, -0.15) is 0 Å². The lowest BCUT2D eigenvalue weighted by Gasteiger charge is -2.03. The number of benzene rings is 1. The summed E-state index contributed by atoms with van der Waals surface area (Å²) in [6, 6.07) is 14.2. The van der Waals surface area contributed by atoms with Crippen molar-refractivity contribution in [3.63, 3.8) is 0 Å². The highest BCUT2D eigenvalue weighted by Crippen LogP contribution is 2.25. The SMILES string of the molecule is c1ccc2nc(-c3ccnc4nc[nH]c34)ccc2c1. The highest BCUT2D eigenvalue weighted by molar-refractivity contribution is 5.90. The quantitative estimate of drug-likeness (QED) is 0.561. The number of aromatic amines is 1. The van der Waals surface area contributed by atoms with E-state index in [-0.39, 0.29) is 0 Å². The van der Waals surface area contributed by atoms with Crippen molar-refractivity contribution >= 4 is 22.1 Å². The highest BCUT2D eigenvalue weighted by atomic mass is 14.9. The van der Waals surface area contributed by atoms with Crippen molar-refractivity contribution in [2.45, 2.75) is 0 Å². The third-order valence-corrected chi connectivity index (χ3v) is 3.20. The van der Waals surface area contributed by atoms with E-state index in [2.05, 4.69) is 27.1 Å². The molecule has 0 spiro atoms. The standard InChI is InChI=1S/C15H10N4/c1-2-4-12-10(3-1)5-6-13(19-12)11-7-8-16-15-14(11)17-9-18-15/h1-9H,(H,16,17,18). The number of imidazole rings is 1. The molecule has 0 aliphatic carbocycles. The zero-order chi connectivity index (χ0) is 12.7. The van der Waals surface area contributed by atoms with Gasteiger partial charge in [0, 0.05) is 17.1 Å². The third-order valence-electron chi connectivity index (χ3n) is 3.20. The summed E-state index contributed by atoms with van der Waals surface area (Å²) in [4.78, 5) is 16.2. The van der Waals surface area contributed by atoms with Crippen LogP contribution in [0.15, 0.2) is 55.0 Å². The molecule has 1 aromatic carbocycles. The summed E-state index contributed by atoms with van der Waals surface area (Å²) in [7, 11) is 0. The van der Waals surface area contributed by atoms with E-state index >= 15 is 0 Å². The van der Waals surface area contributed by atoms with E-state index < -0.39 is 0 Å². The first-order valence-electron chi connectivity index (χ1n) is 6.06. The summed E-state index contributed by atoms with van der Waals surface area (Å²) in [5, 5.41) is 1.14. The van der Waals surface area contributed by atoms with Crippen LogP contribution >= 0.6 is 0 Å². The molecule has 0 aliphatic heterocycles. The van der Waals surface area contributed by atoms with Crippen LogP contribution in [-0.4, -0.2) is 19.9 Å². The maximum atomic E-state index is 4.70. The second-order valence-corrected chi connectivity index (χ2v) is 4.35. The average Bonchev–Trinajstić information content (AvgIpc) is 2.95. The zero-order valence-corrected chi connectivity index (χ0v) is 10.0. The predicted octanol–water partition coefficient (Wildman–Crippen LogP) is 3.17. The van der Waals surface area contributed by atoms with Crippen LogP contribution in [0.5, 0.6) is 0 Å². The number of pyridine rings is 2. The van der Waals surface area contributed by atoms with Gasteiger partial charge >= 0.3 is 0 Å². The number of H-pyrrole nitrogens is 1. The molecule has 3 aromatic heterocycles. The van der Waals surface area contributed by atoms with Crippen molar-refractivity contribution in [1.29, 1.82) is 0 Å². The van der Waals surface area contributed by atoms with Crippen LogP contribution in [0.25, 0.3) is 33.3 Å². The van der Waals surface area contributed by atoms with Crippen LogP contribution < -0.4 is 0 Å². The molecule has 0 fully saturated rings. The second kappa shape index (κ2) is 3.88. The number of nitrogens with one attached hydrogen (secondary N) is 1. The molecule has 0 radical (unpaired) electrons. The van der Waals surface area contributed by atoms with E-state index in [1.807, 2.05) is 30.3 Å². The summed E-state index contributed by atoms with van der Waals surface area (Å²) < 4.78 is 0. The number of para-hydroxylation sites is 1. The van der Waals surface area contributed by atoms with Gasteiger partial charge in [-0.05, 0) is 18.2 Å². The molecule has 19 heavy (non-hydrogen) atoms. The van der Waals surface area contributed by atoms with E-state index in [9.17, 15) is 0 Å². The molecule has 0 amide bonds. The molecule has 90 valence electrons. The molecule has 0 bridgehead atoms. The summed E-state index contributed by atoms with van der Waals surface area (Å²) in [5.41, 5.74) is 4.57. The van der Waals surface area contributed by atoms with Crippen molar-refractivity contribution in [3.8, 4) is 11.3 Å². The fourth-order valence-corrected chi connectivity index (χ4v) is 2.28. The van der Waals surface area contributed by atoms with E-state index in [1.165, 1.54) is 0 Å². The Kier molecular flexibility index (Phi) is 2.08. The number of fused-ring (bicyclic) bond motifs is 2. The number of hydrogen-bond acceptors (Lipinski definition) is 3. The first-order chi connectivity index (χ1) is 9.42. The van der Waals surface area contributed by atoms with Crippen molar-refractivity contribution < 1.29 is 0 Å². The number of hydrogen-bond donors (Lipinski definition) is 1. The van der Waals surface area contributed by atoms with Gasteiger partial charge < -0.3 is 4.98 Å². The lowest BCUT2D eigenvalue weighted by molar-refractivity contribution is 1.30. The molecule has 3 heterocycles. The Balaban J connectivity index is 2.01. The first kappa shape index (κ1) is 10.2. The van der Waals surface area contributed by atoms with E-state index in [0.717, 1.165) is 27.7 Å². The molecular formula is C15H10N4. The molecule has 0 atom stereocenters. The van der Waals surface area contributed by atoms with E-state index in [4.69, 9.17) is 4.98 Å². The maximum absolute atomic E-state index is 4.70. The van der Waals surface area contributed by atoms with Crippen molar-refractivity contribution in [2.24, 2.45) is 0 Å². The van der Waals surface area contributed by atoms with Crippen LogP contribution in [0.4, 0.5) is 0 Å². The van der Waals surface area contributed by atoms with Crippen molar-refractivity contribution in [2.75, 3.05) is 0 Å². The lowest BCUT2D eigenvalue weighted by atomic mass is 10.1. The van der Waals surface area contributed by atoms with E-state index in [0.29, 0.717) is 5.65 Å². The Morgan fingerprint density at radius 3 is 2.84 bits per heavy atom. The molecule has 4 aromatic rings. The smallest absolute Gasteiger partial charge is 0.178 e. The molecular weight excluding hydrogens is 236 g/mol. The van der Waals surface area contributed by atoms with Gasteiger partial charge in [0.05, 0.1) is 23.1 Å². The van der Waals surface area contributed by atoms with Gasteiger partial charge in [-0.25, -0.2) is 15.0 Å². The van der Waals surface area contributed by atoms with Gasteiger partial charge in [0.2, 0.25) is 0 Å². The van der Waals surface area contributed by atoms with Crippen molar-refractivity contribution in [3.05, 3.63) is 55.0 Å². The maximum Gasteiger partial charge on any atom is 0.178 e. The fourth-order valence-electron chi connectivity index (χ4n) is 2.28. The van der Waals surface area contributed by atoms with Crippen LogP contribution in [0.2, 0.25) is 0 Å². The van der Waals surface area contributed by atoms with Gasteiger partial charge in [-0.1, -0.05) is 24.3 Å². The van der Waals surface area contributed by atoms with Crippen LogP contribution in [0.3, 0.4) is 0 Å². The molecule has 4 heteroatoms. The summed E-state index contributed by atoms with van der Waals surface area (Å²) in [6.07, 6.45) is 3.41. The zero-order valence-electron chi connectivity index (χ0n) is 10.0. The highest BCUT2D eigenvalue weighted by Gasteiger charge is 2.08. The molecule has 0 saturated carbocycles. The Morgan fingerprint density at radius 2 is 1.84 bits per heavy atom. The minimum Gasteiger partial charge on any atom is -0.343 e. The average molecular weight is 246 g/mol. The first-order valence-corrected chi connectivity index (χ1v) is 6.06. The summed E-state index contributed by atoms with van der Waals surface area (Å²) >= 11 is 0. The molecule has 0 aliphatic rings. The lowest BCUT2D eigenvalue weighted by Crippen LogP contribution is -1.87. The third kappa shape index (κ3) is 1.57. The van der Waals surface area contributed by atoms with E-state index in [1.54, 1.807) is 12.5 Å². The normalized spacial score (nSPS) is 11.2. The van der Waals surface area contributed by atoms with Gasteiger partial charge in [-0.3, -0.25) is 0 Å². The van der Waals surface area contributed by atoms with Gasteiger partial charge in [0.1, 0.15) is 0 Å². The summed E-state index contributed by atoms with van der Waals surface area (Å²) in [5.74, 6) is 0. The van der Waals surface area contributed by atoms with Gasteiger partial charge in [0.25, 0.3) is 0 Å². The van der Waals surface area contributed by atoms with Gasteiger partial charge in [-0.15, -0.1) is 0 Å². The molecule has 0 unspecified atom stereocenters. The fraction of sp³-hybridized carbons (Fsp3) is 0. The minimum atomic E-state index is 0.715. The van der Waals surface area contributed by atoms with Crippen LogP contribution in [-0.2, 0) is 0 Å². The molecule has 1 N–H and O–H groups in total. The Labute approximate surface area is 109 Å². The number of rotatable bonds is 1. The van der Waals surface area contributed by atoms with Crippen LogP contribution in [0.1, 0.15) is 0 Å². The largest absolute Gasteiger partial charge is 0.343 e. The Morgan fingerprint density at radius 1 is 0.895 bits per heavy atom. The molecule has 4 rings (SSSR count). The molecule has 0 saturated heterocycles. The predicted molar refractivity (Wildman–Crippen MR) is 74.6 cm³/mol. The van der Waals surface area contributed by atoms with Crippen molar-refractivity contribution in [1.82, 2.24) is 19.9 Å². The Hall–Kier alpha value is -2.75. The summed E-state index contributed by atoms with van der Waals surface area (Å²) in [6.45, 7) is 0. The second-order valence-electron chi connectivity index (χ2n) is 4.35. The minimum absolute atomic E-state index is 0.715. The molecule has 4 nitrogen and oxygen atoms in total. The monoisotopic (exact) mass is 246 g/mol. The van der Waals surface area contributed by atoms with Crippen LogP contribution in [0, 0.1) is 0 Å². The van der Waals surface area contributed by atoms with Gasteiger partial charge in [0.15, 0.2) is 5.65 Å². The number of aromatic nitrogens is 4. The Bertz CT molecular complexity index is 879. The topological polar surface area (TPSA) is 54.5 Å².